The molecule has 23 heavy (non-hydrogen) atoms. The van der Waals surface area contributed by atoms with Gasteiger partial charge < -0.3 is 11.1 Å². The number of sulfonamides is 1. The molecule has 1 aromatic heterocycles. The SMILES string of the molecule is CN(C)S(=O)(=O)c1ccsc1C(=O)NCCc1ccc(N)cc1. The smallest absolute Gasteiger partial charge is 0.262 e. The number of nitrogen functional groups attached to an aromatic ring is 1. The Kier molecular flexibility index (Phi) is 5.40. The summed E-state index contributed by atoms with van der Waals surface area (Å²) in [7, 11) is -0.742. The number of carbonyl (C=O) groups excluding carboxylic acids is 1. The minimum Gasteiger partial charge on any atom is -0.399 e. The number of nitrogens with zero attached hydrogens (tertiary/aromatic N) is 1. The summed E-state index contributed by atoms with van der Waals surface area (Å²) in [5, 5.41) is 4.36. The van der Waals surface area contributed by atoms with Crippen LogP contribution in [0.25, 0.3) is 0 Å². The van der Waals surface area contributed by atoms with E-state index in [1.54, 1.807) is 17.5 Å². The summed E-state index contributed by atoms with van der Waals surface area (Å²) in [6, 6.07) is 8.86. The molecule has 2 rings (SSSR count). The van der Waals surface area contributed by atoms with Gasteiger partial charge in [-0.3, -0.25) is 4.79 Å². The molecule has 0 aliphatic rings. The van der Waals surface area contributed by atoms with E-state index in [2.05, 4.69) is 5.32 Å². The highest BCUT2D eigenvalue weighted by Gasteiger charge is 2.25. The molecule has 0 atom stereocenters. The maximum Gasteiger partial charge on any atom is 0.262 e. The number of nitrogens with one attached hydrogen (secondary N) is 1. The normalized spacial score (nSPS) is 11.6. The molecule has 0 bridgehead atoms. The highest BCUT2D eigenvalue weighted by Crippen LogP contribution is 2.23. The molecular weight excluding hydrogens is 334 g/mol. The average Bonchev–Trinajstić information content (AvgIpc) is 2.99. The van der Waals surface area contributed by atoms with Crippen molar-refractivity contribution in [1.82, 2.24) is 9.62 Å². The first-order valence-corrected chi connectivity index (χ1v) is 9.27. The van der Waals surface area contributed by atoms with Crippen molar-refractivity contribution in [1.29, 1.82) is 0 Å². The molecule has 0 saturated heterocycles. The van der Waals surface area contributed by atoms with Gasteiger partial charge in [0.2, 0.25) is 10.0 Å². The van der Waals surface area contributed by atoms with Crippen LogP contribution in [-0.4, -0.2) is 39.3 Å². The molecule has 1 heterocycles. The van der Waals surface area contributed by atoms with Gasteiger partial charge >= 0.3 is 0 Å². The second kappa shape index (κ2) is 7.12. The van der Waals surface area contributed by atoms with Crippen molar-refractivity contribution in [2.45, 2.75) is 11.3 Å². The van der Waals surface area contributed by atoms with E-state index >= 15 is 0 Å². The lowest BCUT2D eigenvalue weighted by Gasteiger charge is -2.12. The van der Waals surface area contributed by atoms with Crippen LogP contribution in [0.3, 0.4) is 0 Å². The Labute approximate surface area is 140 Å². The van der Waals surface area contributed by atoms with Crippen LogP contribution in [-0.2, 0) is 16.4 Å². The van der Waals surface area contributed by atoms with Crippen molar-refractivity contribution in [3.05, 3.63) is 46.2 Å². The second-order valence-electron chi connectivity index (χ2n) is 5.15. The fraction of sp³-hybridized carbons (Fsp3) is 0.267. The van der Waals surface area contributed by atoms with Gasteiger partial charge in [0, 0.05) is 26.3 Å². The largest absolute Gasteiger partial charge is 0.399 e. The van der Waals surface area contributed by atoms with Gasteiger partial charge in [0.25, 0.3) is 5.91 Å². The Balaban J connectivity index is 2.02. The maximum absolute atomic E-state index is 12.2. The van der Waals surface area contributed by atoms with E-state index in [1.807, 2.05) is 12.1 Å². The second-order valence-corrected chi connectivity index (χ2v) is 8.19. The van der Waals surface area contributed by atoms with Crippen LogP contribution in [0, 0.1) is 0 Å². The predicted molar refractivity (Wildman–Crippen MR) is 92.1 cm³/mol. The van der Waals surface area contributed by atoms with Crippen LogP contribution in [0.5, 0.6) is 0 Å². The van der Waals surface area contributed by atoms with E-state index in [0.717, 1.165) is 21.2 Å². The zero-order valence-corrected chi connectivity index (χ0v) is 14.6. The Morgan fingerprint density at radius 3 is 2.48 bits per heavy atom. The molecule has 1 aromatic carbocycles. The monoisotopic (exact) mass is 353 g/mol. The van der Waals surface area contributed by atoms with Gasteiger partial charge in [-0.15, -0.1) is 11.3 Å². The summed E-state index contributed by atoms with van der Waals surface area (Å²) >= 11 is 1.12. The van der Waals surface area contributed by atoms with Crippen molar-refractivity contribution < 1.29 is 13.2 Å². The molecule has 0 unspecified atom stereocenters. The van der Waals surface area contributed by atoms with Crippen molar-refractivity contribution in [3.8, 4) is 0 Å². The maximum atomic E-state index is 12.2. The molecule has 0 saturated carbocycles. The number of nitrogens with two attached hydrogens (primary N) is 1. The van der Waals surface area contributed by atoms with Crippen molar-refractivity contribution >= 4 is 33.0 Å². The van der Waals surface area contributed by atoms with Gasteiger partial charge in [-0.1, -0.05) is 12.1 Å². The first-order chi connectivity index (χ1) is 10.8. The summed E-state index contributed by atoms with van der Waals surface area (Å²) in [6.07, 6.45) is 0.646. The number of amides is 1. The number of benzene rings is 1. The van der Waals surface area contributed by atoms with Crippen molar-refractivity contribution in [2.24, 2.45) is 0 Å². The quantitative estimate of drug-likeness (QED) is 0.771. The summed E-state index contributed by atoms with van der Waals surface area (Å²) in [6.45, 7) is 0.419. The van der Waals surface area contributed by atoms with E-state index in [4.69, 9.17) is 5.73 Å². The first kappa shape index (κ1) is 17.5. The minimum absolute atomic E-state index is 0.0393. The number of anilines is 1. The molecule has 124 valence electrons. The molecule has 8 heteroatoms. The zero-order chi connectivity index (χ0) is 17.0. The molecule has 0 aliphatic carbocycles. The Morgan fingerprint density at radius 2 is 1.87 bits per heavy atom. The molecule has 0 aliphatic heterocycles. The molecule has 0 spiro atoms. The van der Waals surface area contributed by atoms with E-state index in [-0.39, 0.29) is 15.7 Å². The van der Waals surface area contributed by atoms with Gasteiger partial charge in [0.15, 0.2) is 0 Å². The fourth-order valence-electron chi connectivity index (χ4n) is 1.95. The lowest BCUT2D eigenvalue weighted by atomic mass is 10.1. The predicted octanol–water partition coefficient (Wildman–Crippen LogP) is 1.55. The van der Waals surface area contributed by atoms with Gasteiger partial charge in [-0.05, 0) is 35.6 Å². The molecule has 0 fully saturated rings. The molecule has 3 N–H and O–H groups in total. The van der Waals surface area contributed by atoms with E-state index in [9.17, 15) is 13.2 Å². The van der Waals surface area contributed by atoms with E-state index in [1.165, 1.54) is 20.2 Å². The van der Waals surface area contributed by atoms with Crippen LogP contribution in [0.4, 0.5) is 5.69 Å². The van der Waals surface area contributed by atoms with E-state index < -0.39 is 10.0 Å². The molecule has 6 nitrogen and oxygen atoms in total. The van der Waals surface area contributed by atoms with Gasteiger partial charge in [-0.25, -0.2) is 12.7 Å². The first-order valence-electron chi connectivity index (χ1n) is 6.95. The lowest BCUT2D eigenvalue weighted by molar-refractivity contribution is 0.0955. The highest BCUT2D eigenvalue weighted by molar-refractivity contribution is 7.89. The Hall–Kier alpha value is -1.90. The van der Waals surface area contributed by atoms with Crippen molar-refractivity contribution in [3.63, 3.8) is 0 Å². The van der Waals surface area contributed by atoms with E-state index in [0.29, 0.717) is 18.7 Å². The number of hydrogen-bond donors (Lipinski definition) is 2. The fourth-order valence-corrected chi connectivity index (χ4v) is 4.16. The number of thiophene rings is 1. The third-order valence-corrected chi connectivity index (χ3v) is 6.17. The molecule has 2 aromatic rings. The Morgan fingerprint density at radius 1 is 1.22 bits per heavy atom. The number of rotatable bonds is 6. The third-order valence-electron chi connectivity index (χ3n) is 3.27. The topological polar surface area (TPSA) is 92.5 Å². The van der Waals surface area contributed by atoms with Crippen molar-refractivity contribution in [2.75, 3.05) is 26.4 Å². The van der Waals surface area contributed by atoms with Gasteiger partial charge in [0.05, 0.1) is 0 Å². The standard InChI is InChI=1S/C15H19N3O3S2/c1-18(2)23(20,21)13-8-10-22-14(13)15(19)17-9-7-11-3-5-12(16)6-4-11/h3-6,8,10H,7,9,16H2,1-2H3,(H,17,19). The van der Waals surface area contributed by atoms with Crippen LogP contribution in [0.2, 0.25) is 0 Å². The van der Waals surface area contributed by atoms with Crippen LogP contribution in [0.15, 0.2) is 40.6 Å². The van der Waals surface area contributed by atoms with Crippen LogP contribution >= 0.6 is 11.3 Å². The summed E-state index contributed by atoms with van der Waals surface area (Å²) < 4.78 is 25.5. The molecular formula is C15H19N3O3S2. The minimum atomic E-state index is -3.62. The molecule has 1 amide bonds. The number of hydrogen-bond acceptors (Lipinski definition) is 5. The summed E-state index contributed by atoms with van der Waals surface area (Å²) in [4.78, 5) is 12.5. The average molecular weight is 353 g/mol. The Bertz CT molecular complexity index is 781. The van der Waals surface area contributed by atoms with Gasteiger partial charge in [0.1, 0.15) is 9.77 Å². The van der Waals surface area contributed by atoms with Gasteiger partial charge in [-0.2, -0.15) is 0 Å². The molecule has 0 radical (unpaired) electrons. The lowest BCUT2D eigenvalue weighted by Crippen LogP contribution is -2.28. The third kappa shape index (κ3) is 4.10. The zero-order valence-electron chi connectivity index (χ0n) is 12.9. The van der Waals surface area contributed by atoms with Crippen LogP contribution < -0.4 is 11.1 Å². The summed E-state index contributed by atoms with van der Waals surface area (Å²) in [5.74, 6) is -0.379. The summed E-state index contributed by atoms with van der Waals surface area (Å²) in [5.41, 5.74) is 7.36. The number of carbonyl (C=O) groups is 1. The highest BCUT2D eigenvalue weighted by atomic mass is 32.2. The van der Waals surface area contributed by atoms with Crippen LogP contribution in [0.1, 0.15) is 15.2 Å².